The zero-order chi connectivity index (χ0) is 42.0. The topological polar surface area (TPSA) is 171 Å². The number of ether oxygens (including phenoxy) is 5. The van der Waals surface area contributed by atoms with Crippen LogP contribution in [-0.2, 0) is 53.0 Å². The van der Waals surface area contributed by atoms with E-state index in [1.54, 1.807) is 6.92 Å². The number of carbonyl (C=O) groups is 3. The van der Waals surface area contributed by atoms with Gasteiger partial charge in [-0.05, 0) is 89.5 Å². The number of unbranched alkanes of at least 4 members (excludes halogenated alkanes) is 1. The van der Waals surface area contributed by atoms with E-state index in [9.17, 15) is 29.7 Å². The number of benzene rings is 1. The summed E-state index contributed by atoms with van der Waals surface area (Å²) in [5.41, 5.74) is -0.725. The number of pyridine rings is 1. The zero-order valence-electron chi connectivity index (χ0n) is 33.9. The summed E-state index contributed by atoms with van der Waals surface area (Å²) in [7, 11) is 2.68. The molecular weight excluding hydrogens is 730 g/mol. The average Bonchev–Trinajstić information content (AvgIpc) is 3.47. The van der Waals surface area contributed by atoms with Gasteiger partial charge in [0.15, 0.2) is 17.0 Å². The van der Waals surface area contributed by atoms with Crippen LogP contribution in [0.5, 0.6) is 5.75 Å². The lowest BCUT2D eigenvalue weighted by Crippen LogP contribution is -2.39. The van der Waals surface area contributed by atoms with Crippen molar-refractivity contribution >= 4 is 17.9 Å². The zero-order valence-corrected chi connectivity index (χ0v) is 33.9. The highest BCUT2D eigenvalue weighted by atomic mass is 16.6. The van der Waals surface area contributed by atoms with E-state index in [0.717, 1.165) is 6.42 Å². The number of aliphatic hydroxyl groups excluding tert-OH is 3. The molecule has 7 atom stereocenters. The average molecular weight is 790 g/mol. The van der Waals surface area contributed by atoms with Gasteiger partial charge in [0.05, 0.1) is 24.0 Å². The number of nitrogens with zero attached hydrogens (tertiary/aromatic N) is 1. The summed E-state index contributed by atoms with van der Waals surface area (Å²) in [5.74, 6) is 2.60. The molecule has 1 fully saturated rings. The van der Waals surface area contributed by atoms with Crippen LogP contribution in [0.3, 0.4) is 0 Å². The van der Waals surface area contributed by atoms with Crippen LogP contribution in [0.4, 0.5) is 0 Å². The van der Waals surface area contributed by atoms with Crippen LogP contribution >= 0.6 is 0 Å². The maximum atomic E-state index is 13.2. The van der Waals surface area contributed by atoms with Crippen molar-refractivity contribution in [2.45, 2.75) is 134 Å². The van der Waals surface area contributed by atoms with E-state index in [-0.39, 0.29) is 55.6 Å². The molecule has 0 radical (unpaired) electrons. The SMILES string of the molecule is C#CCC(C)(OC)C(=O)OCc1cnc(C)c(OC(=O)CCC/C=C\C[C@@H]2[C@@H](CC[C@@H](O)CCc3ccccc3)[C@H](O)C[C@@H]2O)c1COC(=O)C(C)(CC#C)OC. The second-order valence-electron chi connectivity index (χ2n) is 15.0. The molecule has 3 rings (SSSR count). The number of hydrogen-bond acceptors (Lipinski definition) is 12. The second-order valence-corrected chi connectivity index (χ2v) is 15.0. The third-order valence-electron chi connectivity index (χ3n) is 10.8. The largest absolute Gasteiger partial charge is 0.459 e. The Kier molecular flexibility index (Phi) is 18.9. The first-order valence-electron chi connectivity index (χ1n) is 19.4. The highest BCUT2D eigenvalue weighted by molar-refractivity contribution is 5.80. The number of aliphatic hydroxyl groups is 3. The first kappa shape index (κ1) is 46.8. The maximum absolute atomic E-state index is 13.2. The number of rotatable bonds is 23. The van der Waals surface area contributed by atoms with Crippen LogP contribution in [0.1, 0.15) is 100 Å². The van der Waals surface area contributed by atoms with Gasteiger partial charge >= 0.3 is 17.9 Å². The molecule has 0 saturated heterocycles. The molecule has 2 unspecified atom stereocenters. The summed E-state index contributed by atoms with van der Waals surface area (Å²) in [4.78, 5) is 43.5. The lowest BCUT2D eigenvalue weighted by molar-refractivity contribution is -0.169. The first-order chi connectivity index (χ1) is 27.2. The van der Waals surface area contributed by atoms with Gasteiger partial charge in [0, 0.05) is 50.8 Å². The van der Waals surface area contributed by atoms with Gasteiger partial charge < -0.3 is 39.0 Å². The van der Waals surface area contributed by atoms with Crippen molar-refractivity contribution in [3.8, 4) is 30.4 Å². The van der Waals surface area contributed by atoms with Gasteiger partial charge in [0.2, 0.25) is 0 Å². The molecule has 310 valence electrons. The quantitative estimate of drug-likeness (QED) is 0.0561. The van der Waals surface area contributed by atoms with Crippen molar-refractivity contribution in [3.63, 3.8) is 0 Å². The van der Waals surface area contributed by atoms with Gasteiger partial charge in [-0.1, -0.05) is 42.5 Å². The van der Waals surface area contributed by atoms with Gasteiger partial charge in [-0.15, -0.1) is 24.7 Å². The fraction of sp³-hybridized carbons (Fsp3) is 0.556. The Balaban J connectivity index is 1.61. The van der Waals surface area contributed by atoms with Gasteiger partial charge in [-0.25, -0.2) is 9.59 Å². The maximum Gasteiger partial charge on any atom is 0.339 e. The van der Waals surface area contributed by atoms with Gasteiger partial charge in [0.1, 0.15) is 13.2 Å². The molecule has 1 aromatic carbocycles. The van der Waals surface area contributed by atoms with Crippen LogP contribution < -0.4 is 4.74 Å². The number of terminal acetylenes is 2. The number of allylic oxidation sites excluding steroid dienone is 2. The molecule has 1 saturated carbocycles. The molecule has 12 heteroatoms. The van der Waals surface area contributed by atoms with Crippen molar-refractivity contribution in [1.29, 1.82) is 0 Å². The summed E-state index contributed by atoms with van der Waals surface area (Å²) in [6.07, 6.45) is 18.9. The molecule has 12 nitrogen and oxygen atoms in total. The van der Waals surface area contributed by atoms with Gasteiger partial charge in [-0.2, -0.15) is 0 Å². The fourth-order valence-electron chi connectivity index (χ4n) is 6.84. The minimum atomic E-state index is -1.43. The lowest BCUT2D eigenvalue weighted by atomic mass is 9.85. The Morgan fingerprint density at radius 3 is 2.16 bits per heavy atom. The molecule has 3 N–H and O–H groups in total. The van der Waals surface area contributed by atoms with Gasteiger partial charge in [0.25, 0.3) is 0 Å². The highest BCUT2D eigenvalue weighted by Crippen LogP contribution is 2.38. The van der Waals surface area contributed by atoms with E-state index in [4.69, 9.17) is 36.5 Å². The molecule has 0 amide bonds. The molecule has 2 aromatic rings. The molecule has 1 aliphatic carbocycles. The van der Waals surface area contributed by atoms with Crippen molar-refractivity contribution in [2.24, 2.45) is 11.8 Å². The lowest BCUT2D eigenvalue weighted by Gasteiger charge is -2.25. The number of esters is 3. The Morgan fingerprint density at radius 2 is 1.54 bits per heavy atom. The number of aryl methyl sites for hydroxylation is 2. The van der Waals surface area contributed by atoms with E-state index >= 15 is 0 Å². The monoisotopic (exact) mass is 789 g/mol. The summed E-state index contributed by atoms with van der Waals surface area (Å²) in [6.45, 7) is 3.95. The number of aromatic nitrogens is 1. The predicted octanol–water partition coefficient (Wildman–Crippen LogP) is 5.49. The number of hydrogen-bond donors (Lipinski definition) is 3. The first-order valence-corrected chi connectivity index (χ1v) is 19.4. The minimum Gasteiger partial charge on any atom is -0.459 e. The summed E-state index contributed by atoms with van der Waals surface area (Å²) < 4.78 is 27.6. The molecule has 1 aliphatic rings. The molecule has 0 bridgehead atoms. The molecule has 57 heavy (non-hydrogen) atoms. The molecule has 1 aromatic heterocycles. The Labute approximate surface area is 337 Å². The molecule has 0 spiro atoms. The van der Waals surface area contributed by atoms with Crippen LogP contribution in [0.2, 0.25) is 0 Å². The van der Waals surface area contributed by atoms with Crippen LogP contribution in [0.25, 0.3) is 0 Å². The Morgan fingerprint density at radius 1 is 0.930 bits per heavy atom. The van der Waals surface area contributed by atoms with E-state index in [1.807, 2.05) is 42.5 Å². The van der Waals surface area contributed by atoms with Crippen molar-refractivity contribution in [1.82, 2.24) is 4.98 Å². The third-order valence-corrected chi connectivity index (χ3v) is 10.8. The van der Waals surface area contributed by atoms with E-state index < -0.39 is 47.4 Å². The van der Waals surface area contributed by atoms with Crippen LogP contribution in [-0.4, -0.2) is 81.9 Å². The molecule has 0 aliphatic heterocycles. The number of carbonyl (C=O) groups excluding carboxylic acids is 3. The fourth-order valence-corrected chi connectivity index (χ4v) is 6.84. The smallest absolute Gasteiger partial charge is 0.339 e. The van der Waals surface area contributed by atoms with Crippen molar-refractivity contribution in [3.05, 3.63) is 71.1 Å². The van der Waals surface area contributed by atoms with Crippen LogP contribution in [0.15, 0.2) is 48.7 Å². The number of methoxy groups -OCH3 is 2. The third kappa shape index (κ3) is 13.8. The highest BCUT2D eigenvalue weighted by Gasteiger charge is 2.41. The van der Waals surface area contributed by atoms with Crippen molar-refractivity contribution < 1.29 is 53.4 Å². The predicted molar refractivity (Wildman–Crippen MR) is 213 cm³/mol. The van der Waals surface area contributed by atoms with Crippen molar-refractivity contribution in [2.75, 3.05) is 14.2 Å². The normalized spacial score (nSPS) is 20.5. The van der Waals surface area contributed by atoms with E-state index in [0.29, 0.717) is 56.2 Å². The van der Waals surface area contributed by atoms with E-state index in [1.165, 1.54) is 39.8 Å². The Hall–Kier alpha value is -4.56. The van der Waals surface area contributed by atoms with Gasteiger partial charge in [-0.3, -0.25) is 9.78 Å². The summed E-state index contributed by atoms with van der Waals surface area (Å²) in [5, 5.41) is 32.0. The van der Waals surface area contributed by atoms with Crippen LogP contribution in [0, 0.1) is 43.4 Å². The molecule has 1 heterocycles. The summed E-state index contributed by atoms with van der Waals surface area (Å²) >= 11 is 0. The second kappa shape index (κ2) is 23.0. The standard InChI is InChI=1S/C45H59NO11/c1-8-25-44(4,53-6)42(51)55-29-33-28-46-31(3)41(37(33)30-56-43(52)45(5,54-7)26-9-2)57-40(50)20-16-11-10-15-19-35-36(39(49)27-38(35)48)24-23-34(47)22-21-32-17-13-12-14-18-32/h1-2,10,12-15,17-18,28,34-36,38-39,47-49H,11,16,19-27,29-30H2,3-7H3/b15-10-/t34-,35+,36+,38-,39+,44?,45?/m0/s1. The Bertz CT molecular complexity index is 1730. The van der Waals surface area contributed by atoms with E-state index in [2.05, 4.69) is 16.8 Å². The molecular formula is C45H59NO11. The summed E-state index contributed by atoms with van der Waals surface area (Å²) in [6, 6.07) is 10.0. The minimum absolute atomic E-state index is 0.0329.